The summed E-state index contributed by atoms with van der Waals surface area (Å²) in [5.74, 6) is 0.402. The summed E-state index contributed by atoms with van der Waals surface area (Å²) in [5, 5.41) is 9.58. The molecule has 2 aliphatic rings. The molecule has 104 valence electrons. The zero-order valence-electron chi connectivity index (χ0n) is 12.0. The van der Waals surface area contributed by atoms with Crippen molar-refractivity contribution in [2.75, 3.05) is 27.2 Å². The largest absolute Gasteiger partial charge is 0.508 e. The Labute approximate surface area is 115 Å². The van der Waals surface area contributed by atoms with E-state index in [9.17, 15) is 5.11 Å². The number of benzene rings is 1. The van der Waals surface area contributed by atoms with Crippen LogP contribution in [-0.2, 0) is 6.42 Å². The van der Waals surface area contributed by atoms with Gasteiger partial charge in [0, 0.05) is 18.6 Å². The zero-order chi connectivity index (χ0) is 13.4. The molecular formula is C16H24N2O. The lowest BCUT2D eigenvalue weighted by Gasteiger charge is -2.39. The van der Waals surface area contributed by atoms with Crippen LogP contribution in [0.3, 0.4) is 0 Å². The van der Waals surface area contributed by atoms with Crippen LogP contribution in [0.15, 0.2) is 18.2 Å². The molecule has 2 atom stereocenters. The minimum absolute atomic E-state index is 0.402. The van der Waals surface area contributed by atoms with Gasteiger partial charge in [0.25, 0.3) is 0 Å². The maximum absolute atomic E-state index is 9.58. The Bertz CT molecular complexity index is 460. The second-order valence-corrected chi connectivity index (χ2v) is 6.16. The first-order valence-corrected chi connectivity index (χ1v) is 7.37. The lowest BCUT2D eigenvalue weighted by atomic mass is 10.0. The number of nitrogens with zero attached hydrogens (tertiary/aromatic N) is 2. The molecule has 0 saturated carbocycles. The number of rotatable bonds is 2. The molecule has 1 aromatic rings. The molecule has 0 radical (unpaired) electrons. The number of phenols is 1. The standard InChI is InChI=1S/C16H24N2O/c1-17-9-3-4-13(11-17)18(2)16-8-5-12-10-14(19)6-7-15(12)16/h6-7,10,13,16,19H,3-5,8-9,11H2,1-2H3. The topological polar surface area (TPSA) is 26.7 Å². The first kappa shape index (κ1) is 12.9. The van der Waals surface area contributed by atoms with E-state index < -0.39 is 0 Å². The van der Waals surface area contributed by atoms with Gasteiger partial charge in [-0.2, -0.15) is 0 Å². The summed E-state index contributed by atoms with van der Waals surface area (Å²) in [6, 6.07) is 7.09. The Morgan fingerprint density at radius 1 is 1.32 bits per heavy atom. The third-order valence-electron chi connectivity index (χ3n) is 4.84. The molecule has 0 amide bonds. The van der Waals surface area contributed by atoms with Crippen LogP contribution >= 0.6 is 0 Å². The molecule has 0 spiro atoms. The van der Waals surface area contributed by atoms with Gasteiger partial charge in [-0.05, 0) is 69.6 Å². The lowest BCUT2D eigenvalue weighted by Crippen LogP contribution is -2.45. The monoisotopic (exact) mass is 260 g/mol. The van der Waals surface area contributed by atoms with Crippen LogP contribution in [0.4, 0.5) is 0 Å². The average molecular weight is 260 g/mol. The number of aryl methyl sites for hydroxylation is 1. The number of phenolic OH excluding ortho intramolecular Hbond substituents is 1. The minimum Gasteiger partial charge on any atom is -0.508 e. The fourth-order valence-corrected chi connectivity index (χ4v) is 3.73. The number of aromatic hydroxyl groups is 1. The molecule has 1 aromatic carbocycles. The third-order valence-corrected chi connectivity index (χ3v) is 4.84. The van der Waals surface area contributed by atoms with Crippen LogP contribution in [0.5, 0.6) is 5.75 Å². The summed E-state index contributed by atoms with van der Waals surface area (Å²) in [6.45, 7) is 2.42. The zero-order valence-corrected chi connectivity index (χ0v) is 12.0. The molecule has 2 unspecified atom stereocenters. The van der Waals surface area contributed by atoms with Crippen molar-refractivity contribution in [1.82, 2.24) is 9.80 Å². The number of fused-ring (bicyclic) bond motifs is 1. The van der Waals surface area contributed by atoms with Crippen molar-refractivity contribution in [3.05, 3.63) is 29.3 Å². The molecule has 0 aromatic heterocycles. The van der Waals surface area contributed by atoms with Gasteiger partial charge in [0.2, 0.25) is 0 Å². The first-order chi connectivity index (χ1) is 9.15. The Kier molecular flexibility index (Phi) is 3.50. The molecule has 1 heterocycles. The van der Waals surface area contributed by atoms with Crippen molar-refractivity contribution >= 4 is 0 Å². The van der Waals surface area contributed by atoms with Gasteiger partial charge in [-0.15, -0.1) is 0 Å². The molecule has 0 bridgehead atoms. The van der Waals surface area contributed by atoms with Crippen LogP contribution in [0.25, 0.3) is 0 Å². The molecule has 1 N–H and O–H groups in total. The van der Waals surface area contributed by atoms with Gasteiger partial charge in [-0.25, -0.2) is 0 Å². The number of hydrogen-bond donors (Lipinski definition) is 1. The van der Waals surface area contributed by atoms with Crippen molar-refractivity contribution in [2.45, 2.75) is 37.8 Å². The Morgan fingerprint density at radius 2 is 2.16 bits per heavy atom. The molecule has 1 aliphatic carbocycles. The van der Waals surface area contributed by atoms with Crippen molar-refractivity contribution in [3.8, 4) is 5.75 Å². The fourth-order valence-electron chi connectivity index (χ4n) is 3.73. The number of likely N-dealkylation sites (tertiary alicyclic amines) is 1. The Balaban J connectivity index is 1.77. The van der Waals surface area contributed by atoms with E-state index in [1.165, 1.54) is 43.5 Å². The SMILES string of the molecule is CN1CCCC(N(C)C2CCc3cc(O)ccc32)C1. The third kappa shape index (κ3) is 2.49. The summed E-state index contributed by atoms with van der Waals surface area (Å²) >= 11 is 0. The van der Waals surface area contributed by atoms with Crippen molar-refractivity contribution in [1.29, 1.82) is 0 Å². The summed E-state index contributed by atoms with van der Waals surface area (Å²) < 4.78 is 0. The molecule has 3 heteroatoms. The molecule has 19 heavy (non-hydrogen) atoms. The molecule has 3 nitrogen and oxygen atoms in total. The fraction of sp³-hybridized carbons (Fsp3) is 0.625. The summed E-state index contributed by atoms with van der Waals surface area (Å²) in [4.78, 5) is 5.01. The van der Waals surface area contributed by atoms with Crippen molar-refractivity contribution in [3.63, 3.8) is 0 Å². The highest BCUT2D eigenvalue weighted by molar-refractivity contribution is 5.40. The maximum Gasteiger partial charge on any atom is 0.115 e. The highest BCUT2D eigenvalue weighted by Crippen LogP contribution is 2.38. The predicted molar refractivity (Wildman–Crippen MR) is 77.5 cm³/mol. The van der Waals surface area contributed by atoms with E-state index >= 15 is 0 Å². The smallest absolute Gasteiger partial charge is 0.115 e. The summed E-state index contributed by atoms with van der Waals surface area (Å²) in [5.41, 5.74) is 2.76. The van der Waals surface area contributed by atoms with Gasteiger partial charge in [0.1, 0.15) is 5.75 Å². The highest BCUT2D eigenvalue weighted by Gasteiger charge is 2.31. The number of piperidine rings is 1. The van der Waals surface area contributed by atoms with Crippen LogP contribution in [-0.4, -0.2) is 48.1 Å². The average Bonchev–Trinajstić information content (AvgIpc) is 2.80. The lowest BCUT2D eigenvalue weighted by molar-refractivity contribution is 0.0985. The van der Waals surface area contributed by atoms with E-state index in [0.717, 1.165) is 6.42 Å². The first-order valence-electron chi connectivity index (χ1n) is 7.37. The quantitative estimate of drug-likeness (QED) is 0.884. The van der Waals surface area contributed by atoms with E-state index in [-0.39, 0.29) is 0 Å². The summed E-state index contributed by atoms with van der Waals surface area (Å²) in [6.07, 6.45) is 4.90. The van der Waals surface area contributed by atoms with Gasteiger partial charge in [0.05, 0.1) is 0 Å². The minimum atomic E-state index is 0.402. The van der Waals surface area contributed by atoms with Gasteiger partial charge in [-0.1, -0.05) is 6.07 Å². The van der Waals surface area contributed by atoms with Crippen molar-refractivity contribution in [2.24, 2.45) is 0 Å². The molecule has 1 saturated heterocycles. The Hall–Kier alpha value is -1.06. The Morgan fingerprint density at radius 3 is 2.95 bits per heavy atom. The van der Waals surface area contributed by atoms with Gasteiger partial charge in [-0.3, -0.25) is 4.90 Å². The van der Waals surface area contributed by atoms with Crippen LogP contribution in [0.1, 0.15) is 36.4 Å². The second kappa shape index (κ2) is 5.14. The van der Waals surface area contributed by atoms with Gasteiger partial charge < -0.3 is 10.0 Å². The molecular weight excluding hydrogens is 236 g/mol. The van der Waals surface area contributed by atoms with E-state index in [1.807, 2.05) is 12.1 Å². The number of likely N-dealkylation sites (N-methyl/N-ethyl adjacent to an activating group) is 2. The number of hydrogen-bond acceptors (Lipinski definition) is 3. The van der Waals surface area contributed by atoms with Crippen LogP contribution in [0, 0.1) is 0 Å². The second-order valence-electron chi connectivity index (χ2n) is 6.16. The van der Waals surface area contributed by atoms with E-state index in [2.05, 4.69) is 30.0 Å². The van der Waals surface area contributed by atoms with Gasteiger partial charge in [0.15, 0.2) is 0 Å². The van der Waals surface area contributed by atoms with Crippen molar-refractivity contribution < 1.29 is 5.11 Å². The van der Waals surface area contributed by atoms with E-state index in [4.69, 9.17) is 0 Å². The maximum atomic E-state index is 9.58. The van der Waals surface area contributed by atoms with Gasteiger partial charge >= 0.3 is 0 Å². The highest BCUT2D eigenvalue weighted by atomic mass is 16.3. The molecule has 3 rings (SSSR count). The molecule has 1 fully saturated rings. The summed E-state index contributed by atoms with van der Waals surface area (Å²) in [7, 11) is 4.50. The van der Waals surface area contributed by atoms with Crippen LogP contribution in [0.2, 0.25) is 0 Å². The van der Waals surface area contributed by atoms with E-state index in [0.29, 0.717) is 17.8 Å². The van der Waals surface area contributed by atoms with E-state index in [1.54, 1.807) is 0 Å². The predicted octanol–water partition coefficient (Wildman–Crippen LogP) is 2.41. The van der Waals surface area contributed by atoms with Crippen LogP contribution < -0.4 is 0 Å². The molecule has 1 aliphatic heterocycles. The normalized spacial score (nSPS) is 27.7.